The number of sulfonamides is 1. The van der Waals surface area contributed by atoms with Gasteiger partial charge in [-0.25, -0.2) is 18.4 Å². The largest absolute Gasteiger partial charge is 0.348 e. The van der Waals surface area contributed by atoms with Crippen molar-refractivity contribution in [3.8, 4) is 11.4 Å². The summed E-state index contributed by atoms with van der Waals surface area (Å²) in [4.78, 5) is 20.8. The number of fused-ring (bicyclic) bond motifs is 1. The summed E-state index contributed by atoms with van der Waals surface area (Å²) < 4.78 is 29.1. The lowest BCUT2D eigenvalue weighted by atomic mass is 10.0. The minimum absolute atomic E-state index is 0.110. The number of carbonyl (C=O) groups is 1. The van der Waals surface area contributed by atoms with Crippen LogP contribution in [0.1, 0.15) is 32.2 Å². The van der Waals surface area contributed by atoms with Gasteiger partial charge in [-0.2, -0.15) is 4.31 Å². The maximum atomic E-state index is 13.0. The van der Waals surface area contributed by atoms with Crippen LogP contribution in [0.4, 0.5) is 0 Å². The van der Waals surface area contributed by atoms with Gasteiger partial charge in [0.05, 0.1) is 16.6 Å². The molecule has 2 aliphatic heterocycles. The van der Waals surface area contributed by atoms with Crippen LogP contribution in [-0.2, 0) is 21.4 Å². The van der Waals surface area contributed by atoms with Crippen LogP contribution in [0.2, 0.25) is 0 Å². The first kappa shape index (κ1) is 21.1. The summed E-state index contributed by atoms with van der Waals surface area (Å²) in [6.07, 6.45) is 3.85. The molecule has 8 heteroatoms. The number of hydrogen-bond donors (Lipinski definition) is 0. The molecule has 1 atom stereocenters. The molecule has 0 amide bonds. The molecule has 1 aromatic carbocycles. The van der Waals surface area contributed by atoms with Crippen LogP contribution in [0.25, 0.3) is 11.4 Å². The number of pyridine rings is 1. The van der Waals surface area contributed by atoms with Crippen LogP contribution in [-0.4, -0.2) is 46.1 Å². The minimum atomic E-state index is -3.76. The summed E-state index contributed by atoms with van der Waals surface area (Å²) in [5.74, 6) is 0.461. The highest BCUT2D eigenvalue weighted by atomic mass is 32.2. The molecule has 0 aliphatic carbocycles. The normalized spacial score (nSPS) is 13.3. The van der Waals surface area contributed by atoms with Gasteiger partial charge in [0.1, 0.15) is 17.3 Å². The Morgan fingerprint density at radius 1 is 1.10 bits per heavy atom. The first-order valence-electron chi connectivity index (χ1n) is 9.47. The van der Waals surface area contributed by atoms with E-state index in [1.54, 1.807) is 24.3 Å². The van der Waals surface area contributed by atoms with Crippen molar-refractivity contribution < 1.29 is 13.2 Å². The van der Waals surface area contributed by atoms with E-state index in [9.17, 15) is 13.2 Å². The minimum Gasteiger partial charge on any atom is -0.348 e. The van der Waals surface area contributed by atoms with E-state index in [1.165, 1.54) is 18.3 Å². The van der Waals surface area contributed by atoms with Gasteiger partial charge >= 0.3 is 0 Å². The number of hydrogen-bond acceptors (Lipinski definition) is 5. The lowest BCUT2D eigenvalue weighted by Crippen LogP contribution is -2.44. The zero-order valence-corrected chi connectivity index (χ0v) is 18.1. The van der Waals surface area contributed by atoms with Crippen LogP contribution in [0, 0.1) is 12.8 Å². The van der Waals surface area contributed by atoms with Crippen LogP contribution in [0.3, 0.4) is 0 Å². The summed E-state index contributed by atoms with van der Waals surface area (Å²) >= 11 is 0. The van der Waals surface area contributed by atoms with Gasteiger partial charge in [0, 0.05) is 26.0 Å². The molecular formula is C21H26N4O3S. The standard InChI is InChI=1S/C21H26N4O3S/c1-14(2)21(15(3)26)24(5)29(27,28)18-8-6-17(7-9-18)12-25-11-10-19-20(13-25)23-16(4)22-19/h6-11,13-14,21H,12H2,1-5H3. The molecule has 0 fully saturated rings. The Balaban J connectivity index is 1.81. The fourth-order valence-corrected chi connectivity index (χ4v) is 5.11. The number of aromatic nitrogens is 3. The number of imidazole rings is 1. The molecule has 0 bridgehead atoms. The molecule has 1 aromatic rings. The van der Waals surface area contributed by atoms with E-state index in [1.807, 2.05) is 43.8 Å². The Hall–Kier alpha value is -2.58. The van der Waals surface area contributed by atoms with Crippen molar-refractivity contribution in [2.24, 2.45) is 5.92 Å². The van der Waals surface area contributed by atoms with Crippen LogP contribution < -0.4 is 0 Å². The number of nitrogens with zero attached hydrogens (tertiary/aromatic N) is 4. The number of aryl methyl sites for hydroxylation is 1. The van der Waals surface area contributed by atoms with E-state index in [4.69, 9.17) is 0 Å². The third-order valence-corrected chi connectivity index (χ3v) is 6.80. The number of ketones is 1. The fourth-order valence-electron chi connectivity index (χ4n) is 3.61. The molecule has 7 nitrogen and oxygen atoms in total. The first-order valence-corrected chi connectivity index (χ1v) is 10.9. The Kier molecular flexibility index (Phi) is 5.86. The monoisotopic (exact) mass is 414 g/mol. The molecule has 0 saturated heterocycles. The molecule has 0 aromatic heterocycles. The Labute approximate surface area is 171 Å². The van der Waals surface area contributed by atoms with Crippen molar-refractivity contribution in [3.05, 3.63) is 54.1 Å². The Morgan fingerprint density at radius 2 is 1.72 bits per heavy atom. The van der Waals surface area contributed by atoms with Gasteiger partial charge in [-0.3, -0.25) is 4.79 Å². The highest BCUT2D eigenvalue weighted by Crippen LogP contribution is 2.22. The van der Waals surface area contributed by atoms with Crippen molar-refractivity contribution in [1.29, 1.82) is 0 Å². The second kappa shape index (κ2) is 8.04. The first-order chi connectivity index (χ1) is 13.6. The highest BCUT2D eigenvalue weighted by Gasteiger charge is 2.32. The molecule has 0 radical (unpaired) electrons. The van der Waals surface area contributed by atoms with Crippen LogP contribution in [0.15, 0.2) is 47.6 Å². The molecule has 3 rings (SSSR count). The van der Waals surface area contributed by atoms with Crippen molar-refractivity contribution in [3.63, 3.8) is 0 Å². The van der Waals surface area contributed by atoms with Crippen LogP contribution in [0.5, 0.6) is 0 Å². The topological polar surface area (TPSA) is 85.2 Å². The quantitative estimate of drug-likeness (QED) is 0.593. The van der Waals surface area contributed by atoms with Gasteiger partial charge in [0.15, 0.2) is 0 Å². The van der Waals surface area contributed by atoms with Gasteiger partial charge in [0.2, 0.25) is 10.0 Å². The zero-order chi connectivity index (χ0) is 21.3. The van der Waals surface area contributed by atoms with Gasteiger partial charge < -0.3 is 4.57 Å². The maximum Gasteiger partial charge on any atom is 0.243 e. The summed E-state index contributed by atoms with van der Waals surface area (Å²) in [5, 5.41) is 0. The highest BCUT2D eigenvalue weighted by molar-refractivity contribution is 7.89. The maximum absolute atomic E-state index is 13.0. The molecule has 0 saturated carbocycles. The fraction of sp³-hybridized carbons (Fsp3) is 0.381. The lowest BCUT2D eigenvalue weighted by molar-refractivity contribution is -0.121. The summed E-state index contributed by atoms with van der Waals surface area (Å²) in [6, 6.07) is 7.98. The summed E-state index contributed by atoms with van der Waals surface area (Å²) in [5.41, 5.74) is 2.64. The number of rotatable bonds is 7. The predicted octanol–water partition coefficient (Wildman–Crippen LogP) is 2.97. The van der Waals surface area contributed by atoms with Crippen molar-refractivity contribution >= 4 is 15.8 Å². The van der Waals surface area contributed by atoms with E-state index in [-0.39, 0.29) is 16.6 Å². The molecule has 1 unspecified atom stereocenters. The third-order valence-electron chi connectivity index (χ3n) is 4.94. The average Bonchev–Trinajstić information content (AvgIpc) is 3.01. The van der Waals surface area contributed by atoms with E-state index >= 15 is 0 Å². The van der Waals surface area contributed by atoms with Crippen molar-refractivity contribution in [1.82, 2.24) is 18.8 Å². The lowest BCUT2D eigenvalue weighted by Gasteiger charge is -2.28. The van der Waals surface area contributed by atoms with Crippen LogP contribution >= 0.6 is 0 Å². The number of benzene rings is 1. The van der Waals surface area contributed by atoms with Gasteiger partial charge in [-0.15, -0.1) is 0 Å². The molecular weight excluding hydrogens is 388 g/mol. The number of Topliss-reactive ketones (excluding diaryl/α,β-unsaturated/α-hetero) is 1. The molecule has 2 aliphatic rings. The smallest absolute Gasteiger partial charge is 0.243 e. The van der Waals surface area contributed by atoms with E-state index in [0.29, 0.717) is 6.54 Å². The molecule has 0 N–H and O–H groups in total. The number of carbonyl (C=O) groups excluding carboxylic acids is 1. The molecule has 2 heterocycles. The SMILES string of the molecule is CC(=O)C(C(C)C)N(C)S(=O)(=O)c1ccc(Cn2ccc3nc(C)nc-3c2)cc1. The third kappa shape index (κ3) is 4.38. The molecule has 29 heavy (non-hydrogen) atoms. The average molecular weight is 415 g/mol. The van der Waals surface area contributed by atoms with E-state index < -0.39 is 16.1 Å². The predicted molar refractivity (Wildman–Crippen MR) is 111 cm³/mol. The number of likely N-dealkylation sites (N-methyl/N-ethyl adjacent to an activating group) is 1. The zero-order valence-electron chi connectivity index (χ0n) is 17.3. The van der Waals surface area contributed by atoms with Gasteiger partial charge in [-0.05, 0) is 43.5 Å². The summed E-state index contributed by atoms with van der Waals surface area (Å²) in [7, 11) is -2.29. The van der Waals surface area contributed by atoms with Gasteiger partial charge in [0.25, 0.3) is 0 Å². The van der Waals surface area contributed by atoms with Gasteiger partial charge in [-0.1, -0.05) is 26.0 Å². The van der Waals surface area contributed by atoms with Crippen molar-refractivity contribution in [2.75, 3.05) is 7.05 Å². The Bertz CT molecular complexity index is 1090. The second-order valence-electron chi connectivity index (χ2n) is 7.62. The molecule has 0 spiro atoms. The second-order valence-corrected chi connectivity index (χ2v) is 9.62. The van der Waals surface area contributed by atoms with Crippen molar-refractivity contribution in [2.45, 2.75) is 45.2 Å². The Morgan fingerprint density at radius 3 is 2.31 bits per heavy atom. The van der Waals surface area contributed by atoms with E-state index in [0.717, 1.165) is 22.8 Å². The molecule has 154 valence electrons. The van der Waals surface area contributed by atoms with E-state index in [2.05, 4.69) is 9.97 Å². The summed E-state index contributed by atoms with van der Waals surface area (Å²) in [6.45, 7) is 7.55.